The van der Waals surface area contributed by atoms with E-state index in [1.807, 2.05) is 67.7 Å². The van der Waals surface area contributed by atoms with E-state index in [9.17, 15) is 9.59 Å². The predicted octanol–water partition coefficient (Wildman–Crippen LogP) is 6.72. The normalized spacial score (nSPS) is 16.1. The molecule has 6 nitrogen and oxygen atoms in total. The maximum absolute atomic E-state index is 14.0. The number of ether oxygens (including phenoxy) is 1. The van der Waals surface area contributed by atoms with E-state index < -0.39 is 11.6 Å². The molecule has 4 aromatic rings. The van der Waals surface area contributed by atoms with E-state index >= 15 is 0 Å². The average Bonchev–Trinajstić information content (AvgIpc) is 3.38. The first-order valence-electron chi connectivity index (χ1n) is 14.3. The van der Waals surface area contributed by atoms with E-state index in [2.05, 4.69) is 39.9 Å². The molecule has 1 saturated carbocycles. The van der Waals surface area contributed by atoms with Crippen LogP contribution < -0.4 is 10.6 Å². The number of H-pyrrole nitrogens is 1. The van der Waals surface area contributed by atoms with Gasteiger partial charge < -0.3 is 20.4 Å². The second-order valence-electron chi connectivity index (χ2n) is 11.4. The molecule has 1 unspecified atom stereocenters. The Morgan fingerprint density at radius 2 is 1.60 bits per heavy atom. The number of aryl methyl sites for hydroxylation is 1. The Hall–Kier alpha value is -4.06. The Bertz CT molecular complexity index is 1460. The Morgan fingerprint density at radius 1 is 0.900 bits per heavy atom. The fraction of sp³-hybridized carbons (Fsp3) is 0.353. The van der Waals surface area contributed by atoms with Gasteiger partial charge in [0, 0.05) is 35.5 Å². The van der Waals surface area contributed by atoms with Crippen molar-refractivity contribution >= 4 is 22.9 Å². The highest BCUT2D eigenvalue weighted by molar-refractivity contribution is 5.91. The van der Waals surface area contributed by atoms with Crippen LogP contribution in [0.25, 0.3) is 10.9 Å². The summed E-state index contributed by atoms with van der Waals surface area (Å²) in [4.78, 5) is 30.4. The Morgan fingerprint density at radius 3 is 2.38 bits per heavy atom. The zero-order chi connectivity index (χ0) is 28.0. The van der Waals surface area contributed by atoms with Crippen LogP contribution in [-0.4, -0.2) is 29.1 Å². The van der Waals surface area contributed by atoms with Crippen LogP contribution in [-0.2, 0) is 28.0 Å². The van der Waals surface area contributed by atoms with E-state index in [0.29, 0.717) is 13.0 Å². The number of amides is 2. The molecule has 1 atom stereocenters. The molecular formula is C34H39N3O3. The number of alkyl carbamates (subject to hydrolysis) is 1. The van der Waals surface area contributed by atoms with E-state index in [1.54, 1.807) is 6.92 Å². The van der Waals surface area contributed by atoms with Gasteiger partial charge in [-0.15, -0.1) is 0 Å². The lowest BCUT2D eigenvalue weighted by atomic mass is 9.69. The summed E-state index contributed by atoms with van der Waals surface area (Å²) in [6.07, 6.45) is 7.18. The zero-order valence-electron chi connectivity index (χ0n) is 23.5. The highest BCUT2D eigenvalue weighted by Gasteiger charge is 2.40. The van der Waals surface area contributed by atoms with Crippen molar-refractivity contribution in [2.75, 3.05) is 6.54 Å². The van der Waals surface area contributed by atoms with Crippen LogP contribution in [0.2, 0.25) is 0 Å². The molecule has 6 heteroatoms. The van der Waals surface area contributed by atoms with Crippen LogP contribution in [0.15, 0.2) is 85.1 Å². The molecule has 208 valence electrons. The number of rotatable bonds is 9. The molecule has 3 aromatic carbocycles. The molecule has 0 radical (unpaired) electrons. The first-order chi connectivity index (χ1) is 19.4. The van der Waals surface area contributed by atoms with Gasteiger partial charge in [0.2, 0.25) is 5.91 Å². The molecule has 1 heterocycles. The van der Waals surface area contributed by atoms with Crippen molar-refractivity contribution in [3.63, 3.8) is 0 Å². The summed E-state index contributed by atoms with van der Waals surface area (Å²) in [5, 5.41) is 7.23. The molecule has 0 aliphatic heterocycles. The molecule has 40 heavy (non-hydrogen) atoms. The number of fused-ring (bicyclic) bond motifs is 1. The fourth-order valence-electron chi connectivity index (χ4n) is 6.05. The molecule has 5 rings (SSSR count). The number of hydrogen-bond acceptors (Lipinski definition) is 3. The molecule has 0 bridgehead atoms. The van der Waals surface area contributed by atoms with Crippen LogP contribution >= 0.6 is 0 Å². The second-order valence-corrected chi connectivity index (χ2v) is 11.4. The Balaban J connectivity index is 1.36. The van der Waals surface area contributed by atoms with Crippen molar-refractivity contribution in [2.24, 2.45) is 0 Å². The van der Waals surface area contributed by atoms with Crippen molar-refractivity contribution in [1.82, 2.24) is 15.6 Å². The van der Waals surface area contributed by atoms with Crippen LogP contribution in [0.3, 0.4) is 0 Å². The highest BCUT2D eigenvalue weighted by Crippen LogP contribution is 2.39. The van der Waals surface area contributed by atoms with Crippen molar-refractivity contribution in [2.45, 2.75) is 69.9 Å². The lowest BCUT2D eigenvalue weighted by molar-refractivity contribution is -0.127. The molecule has 0 saturated heterocycles. The van der Waals surface area contributed by atoms with Crippen LogP contribution in [0.4, 0.5) is 4.79 Å². The van der Waals surface area contributed by atoms with Crippen molar-refractivity contribution < 1.29 is 14.3 Å². The number of carbonyl (C=O) groups excluding carboxylic acids is 2. The van der Waals surface area contributed by atoms with Gasteiger partial charge in [-0.25, -0.2) is 4.79 Å². The third kappa shape index (κ3) is 6.06. The molecule has 1 aliphatic rings. The molecule has 1 aromatic heterocycles. The van der Waals surface area contributed by atoms with Gasteiger partial charge >= 0.3 is 6.09 Å². The molecule has 1 fully saturated rings. The highest BCUT2D eigenvalue weighted by atomic mass is 16.5. The van der Waals surface area contributed by atoms with Crippen molar-refractivity contribution in [3.05, 3.63) is 107 Å². The molecule has 1 aliphatic carbocycles. The van der Waals surface area contributed by atoms with Gasteiger partial charge in [-0.2, -0.15) is 0 Å². The quantitative estimate of drug-likeness (QED) is 0.222. The number of aromatic nitrogens is 1. The van der Waals surface area contributed by atoms with Gasteiger partial charge in [0.15, 0.2) is 0 Å². The van der Waals surface area contributed by atoms with Crippen LogP contribution in [0.1, 0.15) is 61.3 Å². The first kappa shape index (κ1) is 27.5. The topological polar surface area (TPSA) is 83.2 Å². The Kier molecular flexibility index (Phi) is 8.24. The minimum atomic E-state index is -1.22. The third-order valence-electron chi connectivity index (χ3n) is 8.50. The Labute approximate surface area is 236 Å². The van der Waals surface area contributed by atoms with Crippen molar-refractivity contribution in [3.8, 4) is 0 Å². The molecule has 2 amide bonds. The largest absolute Gasteiger partial charge is 0.445 e. The van der Waals surface area contributed by atoms with Gasteiger partial charge in [0.25, 0.3) is 0 Å². The summed E-state index contributed by atoms with van der Waals surface area (Å²) >= 11 is 0. The predicted molar refractivity (Wildman–Crippen MR) is 159 cm³/mol. The number of para-hydroxylation sites is 1. The maximum Gasteiger partial charge on any atom is 0.408 e. The van der Waals surface area contributed by atoms with Gasteiger partial charge in [-0.05, 0) is 55.0 Å². The number of carbonyl (C=O) groups is 2. The van der Waals surface area contributed by atoms with Gasteiger partial charge in [-0.3, -0.25) is 4.79 Å². The minimum absolute atomic E-state index is 0.109. The SMILES string of the molecule is Cc1ccccc1COC(=O)NC(C)(Cc1c[nH]c2ccccc12)C(=O)NCC1(c2ccccc2)CCCCC1. The van der Waals surface area contributed by atoms with Crippen molar-refractivity contribution in [1.29, 1.82) is 0 Å². The van der Waals surface area contributed by atoms with Gasteiger partial charge in [-0.1, -0.05) is 92.1 Å². The molecule has 3 N–H and O–H groups in total. The lowest BCUT2D eigenvalue weighted by Gasteiger charge is -2.39. The fourth-order valence-corrected chi connectivity index (χ4v) is 6.05. The summed E-state index contributed by atoms with van der Waals surface area (Å²) in [7, 11) is 0. The summed E-state index contributed by atoms with van der Waals surface area (Å²) < 4.78 is 5.61. The zero-order valence-corrected chi connectivity index (χ0v) is 23.5. The van der Waals surface area contributed by atoms with Crippen LogP contribution in [0.5, 0.6) is 0 Å². The maximum atomic E-state index is 14.0. The van der Waals surface area contributed by atoms with E-state index in [4.69, 9.17) is 4.74 Å². The summed E-state index contributed by atoms with van der Waals surface area (Å²) in [6.45, 7) is 4.44. The second kappa shape index (κ2) is 12.0. The third-order valence-corrected chi connectivity index (χ3v) is 8.50. The summed E-state index contributed by atoms with van der Waals surface area (Å²) in [5.74, 6) is -0.216. The van der Waals surface area contributed by atoms with Gasteiger partial charge in [0.1, 0.15) is 12.1 Å². The summed E-state index contributed by atoms with van der Waals surface area (Å²) in [5.41, 5.74) is 3.87. The lowest BCUT2D eigenvalue weighted by Crippen LogP contribution is -2.59. The molecule has 0 spiro atoms. The van der Waals surface area contributed by atoms with Crippen LogP contribution in [0, 0.1) is 6.92 Å². The monoisotopic (exact) mass is 537 g/mol. The smallest absolute Gasteiger partial charge is 0.408 e. The standard InChI is InChI=1S/C34H39N3O3/c1-25-13-7-8-14-26(25)23-40-32(39)37-33(2,21-27-22-35-30-18-10-9-17-29(27)30)31(38)36-24-34(19-11-4-12-20-34)28-15-5-3-6-16-28/h3,5-10,13-18,22,35H,4,11-12,19-21,23-24H2,1-2H3,(H,36,38)(H,37,39). The van der Waals surface area contributed by atoms with E-state index in [0.717, 1.165) is 53.3 Å². The van der Waals surface area contributed by atoms with E-state index in [-0.39, 0.29) is 17.9 Å². The molecular weight excluding hydrogens is 498 g/mol. The minimum Gasteiger partial charge on any atom is -0.445 e. The first-order valence-corrected chi connectivity index (χ1v) is 14.3. The summed E-state index contributed by atoms with van der Waals surface area (Å²) in [6, 6.07) is 26.3. The van der Waals surface area contributed by atoms with E-state index in [1.165, 1.54) is 12.0 Å². The number of hydrogen-bond donors (Lipinski definition) is 3. The number of nitrogens with one attached hydrogen (secondary N) is 3. The van der Waals surface area contributed by atoms with Gasteiger partial charge in [0.05, 0.1) is 0 Å². The number of benzene rings is 3. The average molecular weight is 538 g/mol. The number of aromatic amines is 1.